The summed E-state index contributed by atoms with van der Waals surface area (Å²) in [7, 11) is 0. The van der Waals surface area contributed by atoms with Gasteiger partial charge < -0.3 is 19.9 Å². The van der Waals surface area contributed by atoms with Crippen molar-refractivity contribution in [1.82, 2.24) is 5.32 Å². The fourth-order valence-electron chi connectivity index (χ4n) is 9.56. The molecule has 4 aliphatic carbocycles. The molecule has 40 heavy (non-hydrogen) atoms. The molecule has 2 N–H and O–H groups in total. The Kier molecular flexibility index (Phi) is 8.15. The highest BCUT2D eigenvalue weighted by Gasteiger charge is 2.63. The van der Waals surface area contributed by atoms with Crippen LogP contribution in [0.4, 0.5) is 0 Å². The van der Waals surface area contributed by atoms with Gasteiger partial charge in [0.15, 0.2) is 0 Å². The predicted molar refractivity (Wildman–Crippen MR) is 152 cm³/mol. The highest BCUT2D eigenvalue weighted by Crippen LogP contribution is 2.69. The van der Waals surface area contributed by atoms with Gasteiger partial charge in [-0.05, 0) is 91.9 Å². The van der Waals surface area contributed by atoms with E-state index in [0.717, 1.165) is 51.5 Å². The van der Waals surface area contributed by atoms with E-state index in [1.165, 1.54) is 29.7 Å². The topological polar surface area (TPSA) is 102 Å². The van der Waals surface area contributed by atoms with Crippen molar-refractivity contribution < 1.29 is 29.0 Å². The van der Waals surface area contributed by atoms with Crippen LogP contribution in [0.1, 0.15) is 105 Å². The van der Waals surface area contributed by atoms with E-state index in [1.54, 1.807) is 6.92 Å². The fraction of sp³-hybridized carbons (Fsp3) is 0.788. The van der Waals surface area contributed by atoms with Gasteiger partial charge in [0.2, 0.25) is 5.91 Å². The molecule has 1 heterocycles. The Balaban J connectivity index is 1.24. The lowest BCUT2D eigenvalue weighted by Crippen LogP contribution is -2.50. The number of carboxylic acids is 1. The molecule has 1 amide bonds. The number of nitrogens with one attached hydrogen (secondary N) is 1. The third-order valence-electron chi connectivity index (χ3n) is 11.7. The maximum atomic E-state index is 12.2. The van der Waals surface area contributed by atoms with Crippen molar-refractivity contribution in [3.8, 4) is 0 Å². The van der Waals surface area contributed by atoms with Crippen LogP contribution >= 0.6 is 0 Å². The summed E-state index contributed by atoms with van der Waals surface area (Å²) >= 11 is 0. The highest BCUT2D eigenvalue weighted by molar-refractivity contribution is 5.76. The molecule has 5 aliphatic rings. The first kappa shape index (κ1) is 29.2. The molecule has 3 fully saturated rings. The number of hydrogen-bond donors (Lipinski definition) is 2. The van der Waals surface area contributed by atoms with Crippen LogP contribution in [0.3, 0.4) is 0 Å². The molecule has 0 bridgehead atoms. The molecule has 5 rings (SSSR count). The van der Waals surface area contributed by atoms with E-state index in [-0.39, 0.29) is 41.7 Å². The summed E-state index contributed by atoms with van der Waals surface area (Å²) < 4.78 is 12.4. The van der Waals surface area contributed by atoms with Crippen LogP contribution in [0.15, 0.2) is 23.0 Å². The Morgan fingerprint density at radius 3 is 2.67 bits per heavy atom. The van der Waals surface area contributed by atoms with Crippen molar-refractivity contribution in [3.05, 3.63) is 23.0 Å². The normalized spacial score (nSPS) is 38.7. The van der Waals surface area contributed by atoms with Gasteiger partial charge in [0.25, 0.3) is 0 Å². The van der Waals surface area contributed by atoms with Crippen molar-refractivity contribution in [3.63, 3.8) is 0 Å². The van der Waals surface area contributed by atoms with Crippen LogP contribution < -0.4 is 5.32 Å². The molecule has 0 saturated heterocycles. The molecule has 7 nitrogen and oxygen atoms in total. The number of carbonyl (C=O) groups excluding carboxylic acids is 2. The second-order valence-corrected chi connectivity index (χ2v) is 14.1. The van der Waals surface area contributed by atoms with Gasteiger partial charge in [-0.1, -0.05) is 32.4 Å². The minimum atomic E-state index is -0.963. The van der Waals surface area contributed by atoms with Crippen molar-refractivity contribution in [2.24, 2.45) is 40.4 Å². The van der Waals surface area contributed by atoms with Gasteiger partial charge in [-0.3, -0.25) is 14.4 Å². The van der Waals surface area contributed by atoms with Gasteiger partial charge in [-0.15, -0.1) is 0 Å². The van der Waals surface area contributed by atoms with E-state index < -0.39 is 5.97 Å². The van der Waals surface area contributed by atoms with Gasteiger partial charge in [0.1, 0.15) is 12.2 Å². The molecule has 0 spiro atoms. The van der Waals surface area contributed by atoms with Crippen LogP contribution in [0.2, 0.25) is 0 Å². The molecule has 9 atom stereocenters. The number of fused-ring (bicyclic) bond motifs is 7. The van der Waals surface area contributed by atoms with Gasteiger partial charge in [-0.2, -0.15) is 0 Å². The molecular formula is C33H49NO6. The SMILES string of the molecule is CC(=O)NC[C@H](C)CCC1=C(C)[C@@H]2[C@H](C[C@@H]3[C@@H]4CC=C5C[C@H](OC(=O)CCC(=O)O)CC[C@]5(C)[C@@H]4CC[C@@]32C)O1. The Bertz CT molecular complexity index is 1090. The first-order valence-corrected chi connectivity index (χ1v) is 15.6. The quantitative estimate of drug-likeness (QED) is 0.260. The molecule has 1 aliphatic heterocycles. The Morgan fingerprint density at radius 1 is 1.18 bits per heavy atom. The van der Waals surface area contributed by atoms with Gasteiger partial charge in [0.05, 0.1) is 18.6 Å². The van der Waals surface area contributed by atoms with Crippen LogP contribution in [0.5, 0.6) is 0 Å². The number of allylic oxidation sites excluding steroid dienone is 2. The monoisotopic (exact) mass is 555 g/mol. The number of rotatable bonds is 9. The number of carbonyl (C=O) groups is 3. The number of aliphatic carboxylic acids is 1. The lowest BCUT2D eigenvalue weighted by atomic mass is 9.47. The average molecular weight is 556 g/mol. The number of esters is 1. The van der Waals surface area contributed by atoms with Crippen molar-refractivity contribution in [2.45, 2.75) is 117 Å². The van der Waals surface area contributed by atoms with E-state index in [4.69, 9.17) is 14.6 Å². The molecule has 0 radical (unpaired) electrons. The molecular weight excluding hydrogens is 506 g/mol. The molecule has 0 aromatic rings. The second kappa shape index (κ2) is 11.2. The summed E-state index contributed by atoms with van der Waals surface area (Å²) in [6.07, 6.45) is 11.8. The molecule has 0 aromatic carbocycles. The summed E-state index contributed by atoms with van der Waals surface area (Å²) in [6, 6.07) is 0. The summed E-state index contributed by atoms with van der Waals surface area (Å²) in [5.41, 5.74) is 3.37. The summed E-state index contributed by atoms with van der Waals surface area (Å²) in [4.78, 5) is 34.3. The standard InChI is InChI=1S/C33H49NO6/c1-19(18-34-21(3)35)6-9-27-20(2)31-28(40-27)17-26-24-8-7-22-16-23(39-30(38)11-10-29(36)37)12-14-32(22,4)25(24)13-15-33(26,31)5/h7,19,23-26,28,31H,6,8-18H2,1-5H3,(H,34,35)(H,36,37)/t19-,23-,24-,25-,26-,28+,31-,32+,33+/m1/s1. The smallest absolute Gasteiger partial charge is 0.306 e. The van der Waals surface area contributed by atoms with E-state index in [1.807, 2.05) is 0 Å². The molecule has 7 heteroatoms. The Morgan fingerprint density at radius 2 is 1.95 bits per heavy atom. The van der Waals surface area contributed by atoms with Gasteiger partial charge in [-0.25, -0.2) is 0 Å². The van der Waals surface area contributed by atoms with Crippen LogP contribution in [-0.4, -0.2) is 41.7 Å². The fourth-order valence-corrected chi connectivity index (χ4v) is 9.56. The largest absolute Gasteiger partial charge is 0.494 e. The maximum Gasteiger partial charge on any atom is 0.306 e. The van der Waals surface area contributed by atoms with Crippen molar-refractivity contribution >= 4 is 17.8 Å². The lowest BCUT2D eigenvalue weighted by molar-refractivity contribution is -0.154. The second-order valence-electron chi connectivity index (χ2n) is 14.1. The first-order valence-electron chi connectivity index (χ1n) is 15.6. The zero-order chi connectivity index (χ0) is 28.8. The molecule has 222 valence electrons. The van der Waals surface area contributed by atoms with Crippen molar-refractivity contribution in [2.75, 3.05) is 6.54 Å². The summed E-state index contributed by atoms with van der Waals surface area (Å²) in [6.45, 7) is 11.8. The van der Waals surface area contributed by atoms with Gasteiger partial charge in [0, 0.05) is 32.2 Å². The number of carboxylic acid groups (broad SMARTS) is 1. The molecule has 3 saturated carbocycles. The number of amides is 1. The zero-order valence-corrected chi connectivity index (χ0v) is 25.1. The Labute approximate surface area is 239 Å². The van der Waals surface area contributed by atoms with Crippen molar-refractivity contribution in [1.29, 1.82) is 0 Å². The van der Waals surface area contributed by atoms with E-state index in [2.05, 4.69) is 39.1 Å². The first-order chi connectivity index (χ1) is 18.9. The van der Waals surface area contributed by atoms with Crippen LogP contribution in [0.25, 0.3) is 0 Å². The summed E-state index contributed by atoms with van der Waals surface area (Å²) in [5.74, 6) is 2.83. The minimum Gasteiger partial charge on any atom is -0.494 e. The summed E-state index contributed by atoms with van der Waals surface area (Å²) in [5, 5.41) is 11.8. The van der Waals surface area contributed by atoms with E-state index in [0.29, 0.717) is 35.7 Å². The van der Waals surface area contributed by atoms with Crippen LogP contribution in [0, 0.1) is 40.4 Å². The van der Waals surface area contributed by atoms with E-state index in [9.17, 15) is 14.4 Å². The minimum absolute atomic E-state index is 0.0338. The average Bonchev–Trinajstić information content (AvgIpc) is 3.38. The predicted octanol–water partition coefficient (Wildman–Crippen LogP) is 6.18. The number of ether oxygens (including phenoxy) is 2. The Hall–Kier alpha value is -2.31. The zero-order valence-electron chi connectivity index (χ0n) is 25.1. The lowest BCUT2D eigenvalue weighted by Gasteiger charge is -2.58. The molecule has 0 aromatic heterocycles. The third kappa shape index (κ3) is 5.34. The highest BCUT2D eigenvalue weighted by atomic mass is 16.5. The number of hydrogen-bond acceptors (Lipinski definition) is 5. The van der Waals surface area contributed by atoms with E-state index >= 15 is 0 Å². The maximum absolute atomic E-state index is 12.2. The van der Waals surface area contributed by atoms with Crippen LogP contribution in [-0.2, 0) is 23.9 Å². The third-order valence-corrected chi connectivity index (χ3v) is 11.7. The van der Waals surface area contributed by atoms with Gasteiger partial charge >= 0.3 is 11.9 Å². The molecule has 0 unspecified atom stereocenters.